The Bertz CT molecular complexity index is 1050. The van der Waals surface area contributed by atoms with E-state index in [1.165, 1.54) is 22.7 Å². The molecular formula is C25H35N3O3S. The normalized spacial score (nSPS) is 15.5. The lowest BCUT2D eigenvalue weighted by Crippen LogP contribution is -2.49. The Morgan fingerprint density at radius 2 is 1.78 bits per heavy atom. The van der Waals surface area contributed by atoms with Gasteiger partial charge in [0.25, 0.3) is 0 Å². The SMILES string of the molecule is CC[C@@H](C(=O)NCc1cccc(CN2CCCC2)c1)N(c1cc(C)ccc1C)S(C)(=O)=O. The second-order valence-electron chi connectivity index (χ2n) is 8.79. The molecule has 1 fully saturated rings. The molecule has 0 aromatic heterocycles. The lowest BCUT2D eigenvalue weighted by Gasteiger charge is -2.31. The van der Waals surface area contributed by atoms with Crippen LogP contribution in [-0.4, -0.2) is 44.6 Å². The van der Waals surface area contributed by atoms with Crippen LogP contribution in [0.15, 0.2) is 42.5 Å². The number of hydrogen-bond acceptors (Lipinski definition) is 4. The van der Waals surface area contributed by atoms with E-state index in [1.54, 1.807) is 0 Å². The summed E-state index contributed by atoms with van der Waals surface area (Å²) in [5.41, 5.74) is 4.58. The van der Waals surface area contributed by atoms with Gasteiger partial charge in [-0.2, -0.15) is 0 Å². The van der Waals surface area contributed by atoms with Crippen LogP contribution >= 0.6 is 0 Å². The number of carbonyl (C=O) groups excluding carboxylic acids is 1. The molecule has 2 aromatic carbocycles. The Kier molecular flexibility index (Phi) is 7.96. The van der Waals surface area contributed by atoms with Gasteiger partial charge in [-0.3, -0.25) is 14.0 Å². The molecule has 0 aliphatic carbocycles. The number of sulfonamides is 1. The van der Waals surface area contributed by atoms with Crippen LogP contribution in [0, 0.1) is 13.8 Å². The largest absolute Gasteiger partial charge is 0.350 e. The minimum atomic E-state index is -3.65. The van der Waals surface area contributed by atoms with Crippen molar-refractivity contribution in [2.45, 2.75) is 59.2 Å². The second kappa shape index (κ2) is 10.5. The number of anilines is 1. The summed E-state index contributed by atoms with van der Waals surface area (Å²) < 4.78 is 26.7. The quantitative estimate of drug-likeness (QED) is 0.623. The zero-order valence-corrected chi connectivity index (χ0v) is 20.4. The number of rotatable bonds is 9. The molecule has 1 saturated heterocycles. The van der Waals surface area contributed by atoms with Crippen LogP contribution in [0.2, 0.25) is 0 Å². The van der Waals surface area contributed by atoms with Crippen molar-refractivity contribution in [2.75, 3.05) is 23.7 Å². The Morgan fingerprint density at radius 1 is 1.09 bits per heavy atom. The molecule has 2 aromatic rings. The maximum Gasteiger partial charge on any atom is 0.244 e. The molecule has 1 aliphatic rings. The molecule has 1 atom stereocenters. The summed E-state index contributed by atoms with van der Waals surface area (Å²) in [6.45, 7) is 9.19. The summed E-state index contributed by atoms with van der Waals surface area (Å²) in [5.74, 6) is -0.288. The number of nitrogens with one attached hydrogen (secondary N) is 1. The molecule has 0 bridgehead atoms. The molecule has 0 spiro atoms. The maximum atomic E-state index is 13.1. The third kappa shape index (κ3) is 6.11. The van der Waals surface area contributed by atoms with E-state index in [4.69, 9.17) is 0 Å². The summed E-state index contributed by atoms with van der Waals surface area (Å²) in [6, 6.07) is 13.1. The Hall–Kier alpha value is -2.38. The van der Waals surface area contributed by atoms with E-state index in [0.717, 1.165) is 42.6 Å². The second-order valence-corrected chi connectivity index (χ2v) is 10.7. The predicted octanol–water partition coefficient (Wildman–Crippen LogP) is 3.76. The first kappa shape index (κ1) is 24.3. The summed E-state index contributed by atoms with van der Waals surface area (Å²) in [6.07, 6.45) is 4.05. The van der Waals surface area contributed by atoms with Gasteiger partial charge in [0.05, 0.1) is 11.9 Å². The van der Waals surface area contributed by atoms with Gasteiger partial charge in [-0.15, -0.1) is 0 Å². The Morgan fingerprint density at radius 3 is 2.44 bits per heavy atom. The van der Waals surface area contributed by atoms with Crippen molar-refractivity contribution in [1.82, 2.24) is 10.2 Å². The highest BCUT2D eigenvalue weighted by Gasteiger charge is 2.32. The zero-order chi connectivity index (χ0) is 23.3. The fourth-order valence-corrected chi connectivity index (χ4v) is 5.60. The van der Waals surface area contributed by atoms with E-state index in [1.807, 2.05) is 51.1 Å². The van der Waals surface area contributed by atoms with Gasteiger partial charge in [0.15, 0.2) is 0 Å². The smallest absolute Gasteiger partial charge is 0.244 e. The van der Waals surface area contributed by atoms with Crippen molar-refractivity contribution in [2.24, 2.45) is 0 Å². The lowest BCUT2D eigenvalue weighted by atomic mass is 10.1. The van der Waals surface area contributed by atoms with E-state index < -0.39 is 16.1 Å². The standard InChI is InChI=1S/C25H35N3O3S/c1-5-23(28(32(4,30)31)24-15-19(2)11-12-20(24)3)25(29)26-17-21-9-8-10-22(16-21)18-27-13-6-7-14-27/h8-12,15-16,23H,5-7,13-14,17-18H2,1-4H3,(H,26,29)/t23-/m0/s1. The van der Waals surface area contributed by atoms with Crippen LogP contribution in [0.5, 0.6) is 0 Å². The fraction of sp³-hybridized carbons (Fsp3) is 0.480. The van der Waals surface area contributed by atoms with Gasteiger partial charge in [-0.25, -0.2) is 8.42 Å². The molecule has 0 unspecified atom stereocenters. The van der Waals surface area contributed by atoms with Crippen LogP contribution in [0.4, 0.5) is 5.69 Å². The summed E-state index contributed by atoms with van der Waals surface area (Å²) in [7, 11) is -3.65. The van der Waals surface area contributed by atoms with Gasteiger partial charge in [-0.05, 0) is 74.5 Å². The monoisotopic (exact) mass is 457 g/mol. The minimum Gasteiger partial charge on any atom is -0.350 e. The molecule has 174 valence electrons. The first-order chi connectivity index (χ1) is 15.2. The number of benzene rings is 2. The highest BCUT2D eigenvalue weighted by molar-refractivity contribution is 7.92. The molecule has 0 radical (unpaired) electrons. The zero-order valence-electron chi connectivity index (χ0n) is 19.6. The molecule has 1 heterocycles. The van der Waals surface area contributed by atoms with Crippen molar-refractivity contribution >= 4 is 21.6 Å². The fourth-order valence-electron chi connectivity index (χ4n) is 4.34. The molecule has 7 heteroatoms. The topological polar surface area (TPSA) is 69.7 Å². The molecule has 0 saturated carbocycles. The first-order valence-corrected chi connectivity index (χ1v) is 13.2. The molecule has 1 aliphatic heterocycles. The Labute approximate surface area is 192 Å². The van der Waals surface area contributed by atoms with Crippen molar-refractivity contribution in [3.63, 3.8) is 0 Å². The molecule has 1 N–H and O–H groups in total. The van der Waals surface area contributed by atoms with Gasteiger partial charge in [0.1, 0.15) is 6.04 Å². The molecule has 6 nitrogen and oxygen atoms in total. The van der Waals surface area contributed by atoms with E-state index in [9.17, 15) is 13.2 Å². The van der Waals surface area contributed by atoms with Crippen molar-refractivity contribution in [3.8, 4) is 0 Å². The Balaban J connectivity index is 1.75. The molecular weight excluding hydrogens is 422 g/mol. The third-order valence-electron chi connectivity index (χ3n) is 5.99. The average molecular weight is 458 g/mol. The molecule has 32 heavy (non-hydrogen) atoms. The van der Waals surface area contributed by atoms with Crippen molar-refractivity contribution in [3.05, 3.63) is 64.7 Å². The van der Waals surface area contributed by atoms with Gasteiger partial charge in [0.2, 0.25) is 15.9 Å². The van der Waals surface area contributed by atoms with Gasteiger partial charge >= 0.3 is 0 Å². The number of nitrogens with zero attached hydrogens (tertiary/aromatic N) is 2. The van der Waals surface area contributed by atoms with Crippen LogP contribution in [-0.2, 0) is 27.9 Å². The van der Waals surface area contributed by atoms with E-state index in [0.29, 0.717) is 18.7 Å². The predicted molar refractivity (Wildman–Crippen MR) is 130 cm³/mol. The van der Waals surface area contributed by atoms with Gasteiger partial charge in [0, 0.05) is 13.1 Å². The van der Waals surface area contributed by atoms with E-state index >= 15 is 0 Å². The van der Waals surface area contributed by atoms with E-state index in [2.05, 4.69) is 22.3 Å². The number of hydrogen-bond donors (Lipinski definition) is 1. The summed E-state index contributed by atoms with van der Waals surface area (Å²) in [4.78, 5) is 15.6. The maximum absolute atomic E-state index is 13.1. The average Bonchev–Trinajstić information content (AvgIpc) is 3.24. The van der Waals surface area contributed by atoms with E-state index in [-0.39, 0.29) is 5.91 Å². The lowest BCUT2D eigenvalue weighted by molar-refractivity contribution is -0.122. The highest BCUT2D eigenvalue weighted by Crippen LogP contribution is 2.27. The highest BCUT2D eigenvalue weighted by atomic mass is 32.2. The third-order valence-corrected chi connectivity index (χ3v) is 7.16. The van der Waals surface area contributed by atoms with Crippen LogP contribution in [0.25, 0.3) is 0 Å². The number of aryl methyl sites for hydroxylation is 2. The van der Waals surface area contributed by atoms with Crippen LogP contribution < -0.4 is 9.62 Å². The first-order valence-electron chi connectivity index (χ1n) is 11.3. The van der Waals surface area contributed by atoms with Gasteiger partial charge < -0.3 is 5.32 Å². The van der Waals surface area contributed by atoms with Crippen molar-refractivity contribution in [1.29, 1.82) is 0 Å². The molecule has 1 amide bonds. The van der Waals surface area contributed by atoms with Crippen LogP contribution in [0.3, 0.4) is 0 Å². The number of carbonyl (C=O) groups is 1. The number of amides is 1. The number of likely N-dealkylation sites (tertiary alicyclic amines) is 1. The summed E-state index contributed by atoms with van der Waals surface area (Å²) >= 11 is 0. The van der Waals surface area contributed by atoms with Crippen molar-refractivity contribution < 1.29 is 13.2 Å². The minimum absolute atomic E-state index is 0.288. The summed E-state index contributed by atoms with van der Waals surface area (Å²) in [5, 5.41) is 2.97. The molecule has 3 rings (SSSR count). The van der Waals surface area contributed by atoms with Gasteiger partial charge in [-0.1, -0.05) is 43.3 Å². The van der Waals surface area contributed by atoms with Crippen LogP contribution in [0.1, 0.15) is 48.4 Å².